The van der Waals surface area contributed by atoms with Crippen LogP contribution in [0.25, 0.3) is 0 Å². The highest BCUT2D eigenvalue weighted by Gasteiger charge is 2.31. The third-order valence-corrected chi connectivity index (χ3v) is 2.24. The van der Waals surface area contributed by atoms with Crippen molar-refractivity contribution in [3.05, 3.63) is 0 Å². The van der Waals surface area contributed by atoms with Crippen LogP contribution in [-0.2, 0) is 4.79 Å². The minimum absolute atomic E-state index is 0.0949. The predicted octanol–water partition coefficient (Wildman–Crippen LogP) is 0.805. The molecule has 1 heterocycles. The lowest BCUT2D eigenvalue weighted by Gasteiger charge is -2.30. The molecule has 3 nitrogen and oxygen atoms in total. The van der Waals surface area contributed by atoms with Gasteiger partial charge in [0.25, 0.3) is 0 Å². The van der Waals surface area contributed by atoms with Crippen LogP contribution in [0.3, 0.4) is 0 Å². The van der Waals surface area contributed by atoms with Crippen molar-refractivity contribution in [3.63, 3.8) is 0 Å². The van der Waals surface area contributed by atoms with Crippen LogP contribution in [0.5, 0.6) is 0 Å². The molecule has 0 radical (unpaired) electrons. The molecule has 14 heavy (non-hydrogen) atoms. The van der Waals surface area contributed by atoms with Gasteiger partial charge >= 0.3 is 6.18 Å². The summed E-state index contributed by atoms with van der Waals surface area (Å²) in [6.07, 6.45) is -3.44. The first-order chi connectivity index (χ1) is 6.38. The van der Waals surface area contributed by atoms with Gasteiger partial charge < -0.3 is 10.6 Å². The molecule has 1 aliphatic heterocycles. The van der Waals surface area contributed by atoms with Gasteiger partial charge in [0.2, 0.25) is 5.91 Å². The summed E-state index contributed by atoms with van der Waals surface area (Å²) in [7, 11) is 0. The van der Waals surface area contributed by atoms with E-state index in [2.05, 4.69) is 10.6 Å². The van der Waals surface area contributed by atoms with Crippen LogP contribution in [0, 0.1) is 0 Å². The van der Waals surface area contributed by atoms with Crippen LogP contribution in [0.15, 0.2) is 0 Å². The topological polar surface area (TPSA) is 41.1 Å². The van der Waals surface area contributed by atoms with Crippen molar-refractivity contribution in [1.82, 2.24) is 10.6 Å². The Morgan fingerprint density at radius 3 is 2.71 bits per heavy atom. The standard InChI is InChI=1S/C8H13F3N2O/c1-5-6(2-3-7(14)13-5)12-4-8(9,10)11/h5-6,12H,2-4H2,1H3,(H,13,14). The van der Waals surface area contributed by atoms with Crippen molar-refractivity contribution in [1.29, 1.82) is 0 Å². The van der Waals surface area contributed by atoms with Gasteiger partial charge in [-0.3, -0.25) is 4.79 Å². The molecule has 0 aromatic carbocycles. The Hall–Kier alpha value is -0.780. The smallest absolute Gasteiger partial charge is 0.352 e. The summed E-state index contributed by atoms with van der Waals surface area (Å²) in [5.41, 5.74) is 0. The summed E-state index contributed by atoms with van der Waals surface area (Å²) in [6.45, 7) is 0.697. The van der Waals surface area contributed by atoms with E-state index in [9.17, 15) is 18.0 Å². The van der Waals surface area contributed by atoms with E-state index in [-0.39, 0.29) is 18.0 Å². The maximum Gasteiger partial charge on any atom is 0.401 e. The van der Waals surface area contributed by atoms with Crippen molar-refractivity contribution in [2.75, 3.05) is 6.54 Å². The number of halogens is 3. The van der Waals surface area contributed by atoms with E-state index in [4.69, 9.17) is 0 Å². The van der Waals surface area contributed by atoms with Gasteiger partial charge in [-0.25, -0.2) is 0 Å². The normalized spacial score (nSPS) is 28.7. The van der Waals surface area contributed by atoms with Gasteiger partial charge in [0.1, 0.15) is 0 Å². The average Bonchev–Trinajstić information content (AvgIpc) is 2.00. The molecule has 2 unspecified atom stereocenters. The summed E-state index contributed by atoms with van der Waals surface area (Å²) < 4.78 is 35.6. The zero-order chi connectivity index (χ0) is 10.8. The van der Waals surface area contributed by atoms with E-state index < -0.39 is 12.7 Å². The fourth-order valence-corrected chi connectivity index (χ4v) is 1.49. The number of hydrogen-bond acceptors (Lipinski definition) is 2. The molecule has 0 saturated carbocycles. The van der Waals surface area contributed by atoms with Gasteiger partial charge in [0, 0.05) is 18.5 Å². The first kappa shape index (κ1) is 11.3. The van der Waals surface area contributed by atoms with E-state index >= 15 is 0 Å². The second-order valence-electron chi connectivity index (χ2n) is 3.50. The Kier molecular flexibility index (Phi) is 3.36. The minimum atomic E-state index is -4.19. The molecule has 2 atom stereocenters. The van der Waals surface area contributed by atoms with E-state index in [0.29, 0.717) is 12.8 Å². The lowest BCUT2D eigenvalue weighted by molar-refractivity contribution is -0.129. The van der Waals surface area contributed by atoms with E-state index in [1.807, 2.05) is 0 Å². The summed E-state index contributed by atoms with van der Waals surface area (Å²) in [4.78, 5) is 10.9. The molecule has 0 spiro atoms. The van der Waals surface area contributed by atoms with Gasteiger partial charge in [-0.15, -0.1) is 0 Å². The largest absolute Gasteiger partial charge is 0.401 e. The molecular weight excluding hydrogens is 197 g/mol. The summed E-state index contributed by atoms with van der Waals surface area (Å²) in [5, 5.41) is 4.99. The molecule has 1 aliphatic rings. The van der Waals surface area contributed by atoms with Crippen LogP contribution >= 0.6 is 0 Å². The zero-order valence-electron chi connectivity index (χ0n) is 7.82. The van der Waals surface area contributed by atoms with Crippen LogP contribution in [0.1, 0.15) is 19.8 Å². The first-order valence-electron chi connectivity index (χ1n) is 4.48. The molecule has 0 aromatic rings. The van der Waals surface area contributed by atoms with E-state index in [1.54, 1.807) is 6.92 Å². The number of hydrogen-bond donors (Lipinski definition) is 2. The molecule has 1 amide bonds. The first-order valence-corrected chi connectivity index (χ1v) is 4.48. The minimum Gasteiger partial charge on any atom is -0.352 e. The Balaban J connectivity index is 2.34. The second kappa shape index (κ2) is 4.16. The van der Waals surface area contributed by atoms with Gasteiger partial charge in [0.05, 0.1) is 6.54 Å². The third-order valence-electron chi connectivity index (χ3n) is 2.24. The number of rotatable bonds is 2. The number of amides is 1. The highest BCUT2D eigenvalue weighted by atomic mass is 19.4. The maximum absolute atomic E-state index is 11.9. The van der Waals surface area contributed by atoms with Crippen LogP contribution in [0.2, 0.25) is 0 Å². The number of carbonyl (C=O) groups is 1. The van der Waals surface area contributed by atoms with Crippen LogP contribution < -0.4 is 10.6 Å². The highest BCUT2D eigenvalue weighted by molar-refractivity contribution is 5.77. The average molecular weight is 210 g/mol. The lowest BCUT2D eigenvalue weighted by Crippen LogP contribution is -2.54. The molecule has 82 valence electrons. The van der Waals surface area contributed by atoms with Gasteiger partial charge in [-0.1, -0.05) is 0 Å². The number of carbonyl (C=O) groups excluding carboxylic acids is 1. The molecule has 0 bridgehead atoms. The van der Waals surface area contributed by atoms with Crippen LogP contribution in [0.4, 0.5) is 13.2 Å². The molecule has 6 heteroatoms. The fourth-order valence-electron chi connectivity index (χ4n) is 1.49. The molecule has 0 aromatic heterocycles. The predicted molar refractivity (Wildman–Crippen MR) is 44.7 cm³/mol. The summed E-state index contributed by atoms with van der Waals surface area (Å²) in [6, 6.07) is -0.520. The van der Waals surface area contributed by atoms with Gasteiger partial charge in [0.15, 0.2) is 0 Å². The Morgan fingerprint density at radius 1 is 1.57 bits per heavy atom. The molecule has 1 saturated heterocycles. The third kappa shape index (κ3) is 3.53. The molecule has 2 N–H and O–H groups in total. The van der Waals surface area contributed by atoms with Crippen LogP contribution in [-0.4, -0.2) is 30.7 Å². The second-order valence-corrected chi connectivity index (χ2v) is 3.50. The van der Waals surface area contributed by atoms with Gasteiger partial charge in [-0.05, 0) is 13.3 Å². The maximum atomic E-state index is 11.9. The fraction of sp³-hybridized carbons (Fsp3) is 0.875. The van der Waals surface area contributed by atoms with Crippen molar-refractivity contribution >= 4 is 5.91 Å². The number of nitrogens with one attached hydrogen (secondary N) is 2. The van der Waals surface area contributed by atoms with E-state index in [0.717, 1.165) is 0 Å². The van der Waals surface area contributed by atoms with Crippen molar-refractivity contribution in [2.24, 2.45) is 0 Å². The van der Waals surface area contributed by atoms with E-state index in [1.165, 1.54) is 0 Å². The van der Waals surface area contributed by atoms with Gasteiger partial charge in [-0.2, -0.15) is 13.2 Å². The zero-order valence-corrected chi connectivity index (χ0v) is 7.82. The van der Waals surface area contributed by atoms with Crippen molar-refractivity contribution < 1.29 is 18.0 Å². The molecule has 0 aliphatic carbocycles. The monoisotopic (exact) mass is 210 g/mol. The molecule has 1 rings (SSSR count). The number of piperidine rings is 1. The Morgan fingerprint density at radius 2 is 2.21 bits per heavy atom. The highest BCUT2D eigenvalue weighted by Crippen LogP contribution is 2.15. The summed E-state index contributed by atoms with van der Waals surface area (Å²) in [5.74, 6) is -0.0949. The Labute approximate surface area is 80.0 Å². The Bertz CT molecular complexity index is 217. The SMILES string of the molecule is CC1NC(=O)CCC1NCC(F)(F)F. The molecule has 1 fully saturated rings. The van der Waals surface area contributed by atoms with Crippen molar-refractivity contribution in [2.45, 2.75) is 38.0 Å². The summed E-state index contributed by atoms with van der Waals surface area (Å²) >= 11 is 0. The van der Waals surface area contributed by atoms with Crippen molar-refractivity contribution in [3.8, 4) is 0 Å². The quantitative estimate of drug-likeness (QED) is 0.708. The number of alkyl halides is 3. The molecular formula is C8H13F3N2O. The lowest BCUT2D eigenvalue weighted by atomic mass is 9.99.